The zero-order valence-corrected chi connectivity index (χ0v) is 12.4. The minimum Gasteiger partial charge on any atom is -0.495 e. The van der Waals surface area contributed by atoms with E-state index in [2.05, 4.69) is 9.93 Å². The van der Waals surface area contributed by atoms with Crippen LogP contribution >= 0.6 is 0 Å². The van der Waals surface area contributed by atoms with E-state index >= 15 is 0 Å². The molecule has 4 nitrogen and oxygen atoms in total. The number of carbonyl (C=O) groups is 1. The van der Waals surface area contributed by atoms with Gasteiger partial charge in [-0.25, -0.2) is 4.79 Å². The van der Waals surface area contributed by atoms with Gasteiger partial charge in [0.15, 0.2) is 0 Å². The van der Waals surface area contributed by atoms with Gasteiger partial charge in [0.2, 0.25) is 0 Å². The Kier molecular flexibility index (Phi) is 4.40. The minimum absolute atomic E-state index is 0.0257. The molecule has 0 amide bonds. The molecule has 2 aromatic rings. The zero-order chi connectivity index (χ0) is 15.5. The molecule has 2 rings (SSSR count). The molecule has 21 heavy (non-hydrogen) atoms. The maximum atomic E-state index is 11.9. The summed E-state index contributed by atoms with van der Waals surface area (Å²) in [5, 5.41) is 0.968. The number of aromatic nitrogens is 1. The highest BCUT2D eigenvalue weighted by Gasteiger charge is 2.24. The van der Waals surface area contributed by atoms with Crippen LogP contribution in [0.2, 0.25) is 0 Å². The first-order valence-electron chi connectivity index (χ1n) is 6.68. The van der Waals surface area contributed by atoms with Crippen LogP contribution in [0.25, 0.3) is 10.9 Å². The summed E-state index contributed by atoms with van der Waals surface area (Å²) in [5.41, 5.74) is 1.54. The predicted octanol–water partition coefficient (Wildman–Crippen LogP) is 3.63. The third-order valence-corrected chi connectivity index (χ3v) is 3.35. The molecule has 0 radical (unpaired) electrons. The van der Waals surface area contributed by atoms with Gasteiger partial charge in [0.1, 0.15) is 5.75 Å². The second-order valence-corrected chi connectivity index (χ2v) is 5.87. The van der Waals surface area contributed by atoms with Gasteiger partial charge >= 0.3 is 5.97 Å². The first-order chi connectivity index (χ1) is 9.93. The van der Waals surface area contributed by atoms with E-state index in [0.29, 0.717) is 12.2 Å². The number of fused-ring (bicyclic) bond motifs is 1. The molecule has 0 fully saturated rings. The van der Waals surface area contributed by atoms with Crippen molar-refractivity contribution in [3.05, 3.63) is 36.0 Å². The van der Waals surface area contributed by atoms with Gasteiger partial charge < -0.3 is 4.74 Å². The standard InChI is InChI=1S/C16H18FNO3/c1-16(2,9-15(19)21-17)8-11-4-5-14-12(6-11)7-13(20-3)10-18-14/h4-7,10H,8-9H2,1-3H3. The number of nitrogens with zero attached hydrogens (tertiary/aromatic N) is 1. The highest BCUT2D eigenvalue weighted by atomic mass is 19.3. The molecule has 1 aromatic carbocycles. The van der Waals surface area contributed by atoms with Crippen molar-refractivity contribution in [1.82, 2.24) is 4.98 Å². The molecular weight excluding hydrogens is 273 g/mol. The van der Waals surface area contributed by atoms with Crippen LogP contribution in [0.5, 0.6) is 5.75 Å². The molecule has 5 heteroatoms. The average molecular weight is 291 g/mol. The van der Waals surface area contributed by atoms with Crippen LogP contribution in [-0.2, 0) is 16.2 Å². The molecule has 0 saturated heterocycles. The number of rotatable bonds is 5. The summed E-state index contributed by atoms with van der Waals surface area (Å²) in [4.78, 5) is 18.7. The van der Waals surface area contributed by atoms with Gasteiger partial charge in [-0.1, -0.05) is 19.9 Å². The molecule has 0 spiro atoms. The van der Waals surface area contributed by atoms with E-state index in [-0.39, 0.29) is 11.8 Å². The Hall–Kier alpha value is -2.17. The second kappa shape index (κ2) is 6.08. The van der Waals surface area contributed by atoms with Gasteiger partial charge in [0.05, 0.1) is 25.2 Å². The monoisotopic (exact) mass is 291 g/mol. The maximum Gasteiger partial charge on any atom is 0.349 e. The van der Waals surface area contributed by atoms with Crippen molar-refractivity contribution >= 4 is 16.9 Å². The Labute approximate surface area is 122 Å². The van der Waals surface area contributed by atoms with E-state index in [1.807, 2.05) is 38.1 Å². The number of halogens is 1. The summed E-state index contributed by atoms with van der Waals surface area (Å²) < 4.78 is 17.0. The molecule has 0 bridgehead atoms. The quantitative estimate of drug-likeness (QED) is 0.844. The van der Waals surface area contributed by atoms with E-state index in [4.69, 9.17) is 4.74 Å². The Balaban J connectivity index is 2.24. The van der Waals surface area contributed by atoms with Crippen LogP contribution in [0, 0.1) is 5.41 Å². The third-order valence-electron chi connectivity index (χ3n) is 3.35. The minimum atomic E-state index is -0.843. The fourth-order valence-electron chi connectivity index (χ4n) is 2.42. The van der Waals surface area contributed by atoms with Gasteiger partial charge in [-0.05, 0) is 35.6 Å². The molecule has 1 aromatic heterocycles. The molecule has 0 atom stereocenters. The molecule has 0 aliphatic rings. The fraction of sp³-hybridized carbons (Fsp3) is 0.375. The summed E-state index contributed by atoms with van der Waals surface area (Å²) in [6.45, 7) is 3.80. The Morgan fingerprint density at radius 1 is 1.33 bits per heavy atom. The first-order valence-corrected chi connectivity index (χ1v) is 6.68. The summed E-state index contributed by atoms with van der Waals surface area (Å²) >= 11 is 0. The van der Waals surface area contributed by atoms with Crippen molar-refractivity contribution in [2.75, 3.05) is 7.11 Å². The van der Waals surface area contributed by atoms with Crippen molar-refractivity contribution in [2.45, 2.75) is 26.7 Å². The Bertz CT molecular complexity index is 655. The summed E-state index contributed by atoms with van der Waals surface area (Å²) in [7, 11) is 1.60. The smallest absolute Gasteiger partial charge is 0.349 e. The molecule has 0 aliphatic heterocycles. The van der Waals surface area contributed by atoms with Crippen LogP contribution in [0.4, 0.5) is 4.53 Å². The number of methoxy groups -OCH3 is 1. The molecule has 0 saturated carbocycles. The van der Waals surface area contributed by atoms with E-state index in [9.17, 15) is 9.32 Å². The SMILES string of the molecule is COc1cnc2ccc(CC(C)(C)CC(=O)OF)cc2c1. The van der Waals surface area contributed by atoms with Gasteiger partial charge in [0.25, 0.3) is 0 Å². The van der Waals surface area contributed by atoms with Crippen LogP contribution in [0.15, 0.2) is 30.5 Å². The average Bonchev–Trinajstić information content (AvgIpc) is 2.45. The first kappa shape index (κ1) is 15.2. The summed E-state index contributed by atoms with van der Waals surface area (Å²) in [6, 6.07) is 7.81. The predicted molar refractivity (Wildman–Crippen MR) is 77.6 cm³/mol. The molecule has 0 N–H and O–H groups in total. The van der Waals surface area contributed by atoms with E-state index in [0.717, 1.165) is 16.5 Å². The van der Waals surface area contributed by atoms with Crippen molar-refractivity contribution in [3.8, 4) is 5.75 Å². The topological polar surface area (TPSA) is 48.4 Å². The van der Waals surface area contributed by atoms with Crippen molar-refractivity contribution in [3.63, 3.8) is 0 Å². The number of pyridine rings is 1. The maximum absolute atomic E-state index is 11.9. The highest BCUT2D eigenvalue weighted by molar-refractivity contribution is 5.80. The van der Waals surface area contributed by atoms with Crippen LogP contribution < -0.4 is 4.74 Å². The van der Waals surface area contributed by atoms with Crippen LogP contribution in [0.3, 0.4) is 0 Å². The molecule has 0 aliphatic carbocycles. The van der Waals surface area contributed by atoms with Crippen LogP contribution in [-0.4, -0.2) is 18.1 Å². The summed E-state index contributed by atoms with van der Waals surface area (Å²) in [5.74, 6) is -0.149. The number of benzene rings is 1. The van der Waals surface area contributed by atoms with Crippen molar-refractivity contribution < 1.29 is 19.0 Å². The lowest BCUT2D eigenvalue weighted by molar-refractivity contribution is -0.186. The third kappa shape index (κ3) is 3.90. The molecule has 112 valence electrons. The zero-order valence-electron chi connectivity index (χ0n) is 12.4. The number of ether oxygens (including phenoxy) is 1. The second-order valence-electron chi connectivity index (χ2n) is 5.87. The van der Waals surface area contributed by atoms with Gasteiger partial charge in [-0.15, -0.1) is 0 Å². The summed E-state index contributed by atoms with van der Waals surface area (Å²) in [6.07, 6.45) is 2.33. The number of carbonyl (C=O) groups excluding carboxylic acids is 1. The Morgan fingerprint density at radius 2 is 2.10 bits per heavy atom. The van der Waals surface area contributed by atoms with Gasteiger partial charge in [-0.3, -0.25) is 9.93 Å². The highest BCUT2D eigenvalue weighted by Crippen LogP contribution is 2.28. The lowest BCUT2D eigenvalue weighted by Crippen LogP contribution is -2.20. The number of hydrogen-bond donors (Lipinski definition) is 0. The van der Waals surface area contributed by atoms with E-state index < -0.39 is 5.97 Å². The normalized spacial score (nSPS) is 11.4. The van der Waals surface area contributed by atoms with Crippen LogP contribution in [0.1, 0.15) is 25.8 Å². The lowest BCUT2D eigenvalue weighted by atomic mass is 9.82. The van der Waals surface area contributed by atoms with Gasteiger partial charge in [0, 0.05) is 9.91 Å². The number of hydrogen-bond acceptors (Lipinski definition) is 4. The van der Waals surface area contributed by atoms with E-state index in [1.165, 1.54) is 0 Å². The van der Waals surface area contributed by atoms with Crippen molar-refractivity contribution in [1.29, 1.82) is 0 Å². The molecule has 0 unspecified atom stereocenters. The van der Waals surface area contributed by atoms with E-state index in [1.54, 1.807) is 13.3 Å². The molecule has 1 heterocycles. The van der Waals surface area contributed by atoms with Gasteiger partial charge in [-0.2, -0.15) is 0 Å². The largest absolute Gasteiger partial charge is 0.495 e. The van der Waals surface area contributed by atoms with Crippen molar-refractivity contribution in [2.24, 2.45) is 5.41 Å². The lowest BCUT2D eigenvalue weighted by Gasteiger charge is -2.22. The fourth-order valence-corrected chi connectivity index (χ4v) is 2.42. The molecular formula is C16H18FNO3. The Morgan fingerprint density at radius 3 is 2.76 bits per heavy atom.